The Morgan fingerprint density at radius 3 is 2.63 bits per heavy atom. The molecule has 0 saturated heterocycles. The highest BCUT2D eigenvalue weighted by atomic mass is 32.2. The molecule has 12 nitrogen and oxygen atoms in total. The number of nitrogens with zero attached hydrogens (tertiary/aromatic N) is 4. The lowest BCUT2D eigenvalue weighted by atomic mass is 10.2. The van der Waals surface area contributed by atoms with Crippen LogP contribution < -0.4 is 15.6 Å². The number of esters is 1. The molecule has 1 fully saturated rings. The van der Waals surface area contributed by atoms with Crippen LogP contribution in [0.2, 0.25) is 0 Å². The smallest absolute Gasteiger partial charge is 0.331 e. The number of anilines is 1. The summed E-state index contributed by atoms with van der Waals surface area (Å²) in [5, 5.41) is 17.1. The molecule has 3 N–H and O–H groups in total. The highest BCUT2D eigenvalue weighted by Crippen LogP contribution is 2.36. The van der Waals surface area contributed by atoms with Gasteiger partial charge in [0, 0.05) is 24.3 Å². The number of carbonyl (C=O) groups is 1. The van der Waals surface area contributed by atoms with Crippen LogP contribution in [0.5, 0.6) is 0 Å². The van der Waals surface area contributed by atoms with Crippen molar-refractivity contribution in [3.63, 3.8) is 0 Å². The average molecular weight is 505 g/mol. The maximum absolute atomic E-state index is 13.6. The van der Waals surface area contributed by atoms with Crippen molar-refractivity contribution < 1.29 is 23.1 Å². The molecule has 1 aromatic carbocycles. The van der Waals surface area contributed by atoms with Crippen molar-refractivity contribution in [1.82, 2.24) is 24.1 Å². The molecular formula is C22H28N6O6S. The Balaban J connectivity index is 1.84. The first-order chi connectivity index (χ1) is 16.4. The van der Waals surface area contributed by atoms with E-state index in [1.807, 2.05) is 6.92 Å². The molecule has 0 spiro atoms. The lowest BCUT2D eigenvalue weighted by Crippen LogP contribution is -2.42. The first-order valence-corrected chi connectivity index (χ1v) is 12.5. The number of ether oxygens (including phenoxy) is 1. The second-order valence-corrected chi connectivity index (χ2v) is 10.8. The van der Waals surface area contributed by atoms with Gasteiger partial charge >= 0.3 is 5.97 Å². The Morgan fingerprint density at radius 2 is 2.06 bits per heavy atom. The molecule has 2 heterocycles. The van der Waals surface area contributed by atoms with Gasteiger partial charge < -0.3 is 15.2 Å². The predicted octanol–water partition coefficient (Wildman–Crippen LogP) is 0.343. The number of rotatable bonds is 9. The molecule has 1 saturated carbocycles. The molecule has 0 amide bonds. The Kier molecular flexibility index (Phi) is 6.42. The number of aromatic nitrogens is 4. The Bertz CT molecular complexity index is 1440. The van der Waals surface area contributed by atoms with Gasteiger partial charge in [-0.3, -0.25) is 14.0 Å². The third-order valence-corrected chi connectivity index (χ3v) is 7.57. The fourth-order valence-corrected chi connectivity index (χ4v) is 5.17. The lowest BCUT2D eigenvalue weighted by Gasteiger charge is -2.22. The van der Waals surface area contributed by atoms with Gasteiger partial charge in [-0.1, -0.05) is 0 Å². The fourth-order valence-electron chi connectivity index (χ4n) is 3.68. The van der Waals surface area contributed by atoms with E-state index in [0.29, 0.717) is 5.56 Å². The number of methoxy groups -OCH3 is 1. The highest BCUT2D eigenvalue weighted by Gasteiger charge is 2.41. The van der Waals surface area contributed by atoms with Gasteiger partial charge in [-0.15, -0.1) is 0 Å². The van der Waals surface area contributed by atoms with Crippen LogP contribution in [0.4, 0.5) is 5.95 Å². The molecule has 13 heteroatoms. The number of carbonyl (C=O) groups excluding carboxylic acids is 1. The van der Waals surface area contributed by atoms with Gasteiger partial charge in [0.2, 0.25) is 16.0 Å². The summed E-state index contributed by atoms with van der Waals surface area (Å²) in [6.45, 7) is 3.27. The topological polar surface area (TPSA) is 157 Å². The number of hydrogen-bond donors (Lipinski definition) is 3. The van der Waals surface area contributed by atoms with Crippen molar-refractivity contribution in [3.05, 3.63) is 46.5 Å². The molecule has 3 aromatic rings. The zero-order valence-corrected chi connectivity index (χ0v) is 20.7. The van der Waals surface area contributed by atoms with E-state index in [9.17, 15) is 23.1 Å². The second-order valence-electron chi connectivity index (χ2n) is 9.08. The molecule has 1 aliphatic carbocycles. The van der Waals surface area contributed by atoms with E-state index >= 15 is 0 Å². The molecule has 0 aliphatic heterocycles. The van der Waals surface area contributed by atoms with E-state index in [1.165, 1.54) is 36.8 Å². The number of fused-ring (bicyclic) bond motifs is 1. The Hall–Kier alpha value is -3.29. The standard InChI is InChI=1S/C22H28N6O6S/c1-13(29)18(20(31)34-4)25-21-24-17-6-5-15(35(32,33)26-22(2)7-8-22)9-16(17)19(30)28(21)12-14-10-23-27(3)11-14/h5-6,9-11,13,18,26,29H,7-8,12H2,1-4H3,(H,24,25)/t13-,18+/m0/s1. The van der Waals surface area contributed by atoms with E-state index < -0.39 is 39.2 Å². The number of aliphatic hydroxyl groups is 1. The van der Waals surface area contributed by atoms with Crippen LogP contribution in [0.3, 0.4) is 0 Å². The van der Waals surface area contributed by atoms with Crippen LogP contribution in [0.1, 0.15) is 32.3 Å². The van der Waals surface area contributed by atoms with Gasteiger partial charge in [-0.2, -0.15) is 5.10 Å². The molecular weight excluding hydrogens is 476 g/mol. The normalized spacial score (nSPS) is 16.6. The summed E-state index contributed by atoms with van der Waals surface area (Å²) in [4.78, 5) is 30.2. The minimum atomic E-state index is -3.84. The molecule has 1 aliphatic rings. The lowest BCUT2D eigenvalue weighted by molar-refractivity contribution is -0.143. The van der Waals surface area contributed by atoms with Crippen molar-refractivity contribution in [2.24, 2.45) is 7.05 Å². The van der Waals surface area contributed by atoms with E-state index in [4.69, 9.17) is 4.74 Å². The minimum Gasteiger partial charge on any atom is -0.467 e. The first-order valence-electron chi connectivity index (χ1n) is 11.0. The molecule has 0 unspecified atom stereocenters. The summed E-state index contributed by atoms with van der Waals surface area (Å²) in [7, 11) is -0.916. The van der Waals surface area contributed by atoms with E-state index in [-0.39, 0.29) is 28.3 Å². The summed E-state index contributed by atoms with van der Waals surface area (Å²) in [5.74, 6) is -0.717. The van der Waals surface area contributed by atoms with Crippen molar-refractivity contribution in [2.45, 2.75) is 55.8 Å². The number of benzene rings is 1. The number of aryl methyl sites for hydroxylation is 1. The summed E-state index contributed by atoms with van der Waals surface area (Å²) in [6, 6.07) is 2.93. The summed E-state index contributed by atoms with van der Waals surface area (Å²) >= 11 is 0. The van der Waals surface area contributed by atoms with Crippen LogP contribution in [-0.2, 0) is 33.1 Å². The largest absolute Gasteiger partial charge is 0.467 e. The Morgan fingerprint density at radius 1 is 1.34 bits per heavy atom. The third-order valence-electron chi connectivity index (χ3n) is 5.94. The van der Waals surface area contributed by atoms with Gasteiger partial charge in [-0.05, 0) is 44.9 Å². The van der Waals surface area contributed by atoms with Gasteiger partial charge in [-0.25, -0.2) is 22.9 Å². The zero-order chi connectivity index (χ0) is 25.5. The quantitative estimate of drug-likeness (QED) is 0.350. The Labute approximate surface area is 202 Å². The molecule has 2 aromatic heterocycles. The predicted molar refractivity (Wildman–Crippen MR) is 127 cm³/mol. The van der Waals surface area contributed by atoms with E-state index in [0.717, 1.165) is 12.8 Å². The number of nitrogens with one attached hydrogen (secondary N) is 2. The fraction of sp³-hybridized carbons (Fsp3) is 0.455. The van der Waals surface area contributed by atoms with Crippen molar-refractivity contribution in [3.8, 4) is 0 Å². The SMILES string of the molecule is COC(=O)[C@H](Nc1nc2ccc(S(=O)(=O)NC3(C)CC3)cc2c(=O)n1Cc1cnn(C)c1)[C@H](C)O. The van der Waals surface area contributed by atoms with Crippen LogP contribution >= 0.6 is 0 Å². The minimum absolute atomic E-state index is 0.0156. The van der Waals surface area contributed by atoms with Gasteiger partial charge in [0.1, 0.15) is 0 Å². The number of hydrogen-bond acceptors (Lipinski definition) is 9. The average Bonchev–Trinajstić information content (AvgIpc) is 3.36. The maximum atomic E-state index is 13.6. The van der Waals surface area contributed by atoms with E-state index in [1.54, 1.807) is 24.1 Å². The van der Waals surface area contributed by atoms with E-state index in [2.05, 4.69) is 20.1 Å². The summed E-state index contributed by atoms with van der Waals surface area (Å²) in [6.07, 6.45) is 3.64. The van der Waals surface area contributed by atoms with Gasteiger partial charge in [0.15, 0.2) is 6.04 Å². The summed E-state index contributed by atoms with van der Waals surface area (Å²) in [5.41, 5.74) is -0.0851. The van der Waals surface area contributed by atoms with Crippen molar-refractivity contribution in [1.29, 1.82) is 0 Å². The van der Waals surface area contributed by atoms with Crippen molar-refractivity contribution in [2.75, 3.05) is 12.4 Å². The first kappa shape index (κ1) is 24.8. The van der Waals surface area contributed by atoms with Crippen LogP contribution in [0.15, 0.2) is 40.3 Å². The molecule has 4 rings (SSSR count). The van der Waals surface area contributed by atoms with Crippen LogP contribution in [0, 0.1) is 0 Å². The second kappa shape index (κ2) is 9.06. The van der Waals surface area contributed by atoms with Gasteiger partial charge in [0.05, 0.1) is 41.8 Å². The van der Waals surface area contributed by atoms with Crippen LogP contribution in [0.25, 0.3) is 10.9 Å². The third kappa shape index (κ3) is 5.21. The zero-order valence-electron chi connectivity index (χ0n) is 19.8. The maximum Gasteiger partial charge on any atom is 0.331 e. The van der Waals surface area contributed by atoms with Gasteiger partial charge in [0.25, 0.3) is 5.56 Å². The monoisotopic (exact) mass is 504 g/mol. The van der Waals surface area contributed by atoms with Crippen molar-refractivity contribution >= 4 is 32.8 Å². The number of aliphatic hydroxyl groups excluding tert-OH is 1. The molecule has 2 atom stereocenters. The molecule has 188 valence electrons. The highest BCUT2D eigenvalue weighted by molar-refractivity contribution is 7.89. The molecule has 0 bridgehead atoms. The molecule has 0 radical (unpaired) electrons. The van der Waals surface area contributed by atoms with Crippen LogP contribution in [-0.4, -0.2) is 63.6 Å². The molecule has 35 heavy (non-hydrogen) atoms. The summed E-state index contributed by atoms with van der Waals surface area (Å²) < 4.78 is 36.0. The number of sulfonamides is 1.